The lowest BCUT2D eigenvalue weighted by Gasteiger charge is -2.31. The zero-order valence-electron chi connectivity index (χ0n) is 12.5. The second kappa shape index (κ2) is 6.59. The van der Waals surface area contributed by atoms with E-state index in [4.69, 9.17) is 5.73 Å². The quantitative estimate of drug-likeness (QED) is 0.881. The Morgan fingerprint density at radius 1 is 1.35 bits per heavy atom. The molecule has 0 bridgehead atoms. The molecule has 1 aromatic carbocycles. The van der Waals surface area contributed by atoms with Gasteiger partial charge in [0.05, 0.1) is 12.1 Å². The average Bonchev–Trinajstić information content (AvgIpc) is 2.37. The molecule has 0 spiro atoms. The third-order valence-corrected chi connectivity index (χ3v) is 3.90. The van der Waals surface area contributed by atoms with Crippen LogP contribution in [0.15, 0.2) is 24.3 Å². The number of nitrogens with two attached hydrogens (primary N) is 1. The van der Waals surface area contributed by atoms with Gasteiger partial charge in [0.15, 0.2) is 0 Å². The van der Waals surface area contributed by atoms with Gasteiger partial charge in [-0.2, -0.15) is 0 Å². The summed E-state index contributed by atoms with van der Waals surface area (Å²) in [6.45, 7) is 5.98. The molecule has 0 aromatic heterocycles. The van der Waals surface area contributed by atoms with Gasteiger partial charge in [-0.3, -0.25) is 4.79 Å². The predicted molar refractivity (Wildman–Crippen MR) is 84.9 cm³/mol. The van der Waals surface area contributed by atoms with Crippen molar-refractivity contribution < 1.29 is 4.79 Å². The number of amides is 1. The first-order valence-electron chi connectivity index (χ1n) is 7.03. The summed E-state index contributed by atoms with van der Waals surface area (Å²) in [7, 11) is 0. The lowest BCUT2D eigenvalue weighted by molar-refractivity contribution is -0.125. The number of nitrogens with one attached hydrogen (secondary N) is 1. The van der Waals surface area contributed by atoms with E-state index in [1.54, 1.807) is 0 Å². The predicted octanol–water partition coefficient (Wildman–Crippen LogP) is 2.98. The summed E-state index contributed by atoms with van der Waals surface area (Å²) in [5.74, 6) is -0.0470. The summed E-state index contributed by atoms with van der Waals surface area (Å²) < 4.78 is 0. The van der Waals surface area contributed by atoms with Crippen LogP contribution in [0.5, 0.6) is 0 Å². The zero-order valence-corrected chi connectivity index (χ0v) is 13.3. The fraction of sp³-hybridized carbons (Fsp3) is 0.562. The van der Waals surface area contributed by atoms with Gasteiger partial charge in [-0.1, -0.05) is 45.0 Å². The Morgan fingerprint density at radius 2 is 2.00 bits per heavy atom. The standard InChI is InChI=1S/C16H24N2O.ClH/c1-16(2,3)14(17)15(19)18-13-10-6-8-11-7-4-5-9-12(11)13;/h4-5,7,9,13-14H,6,8,10,17H2,1-3H3,(H,18,19);1H/t13?,14-;/m1./s1. The fourth-order valence-electron chi connectivity index (χ4n) is 2.56. The van der Waals surface area contributed by atoms with E-state index in [0.29, 0.717) is 0 Å². The van der Waals surface area contributed by atoms with Gasteiger partial charge in [0.2, 0.25) is 5.91 Å². The SMILES string of the molecule is CC(C)(C)[C@H](N)C(=O)NC1CCCc2ccccc21.Cl. The van der Waals surface area contributed by atoms with Gasteiger partial charge in [-0.25, -0.2) is 0 Å². The van der Waals surface area contributed by atoms with E-state index in [-0.39, 0.29) is 29.8 Å². The van der Waals surface area contributed by atoms with E-state index in [2.05, 4.69) is 23.5 Å². The van der Waals surface area contributed by atoms with Crippen LogP contribution in [0.2, 0.25) is 0 Å². The summed E-state index contributed by atoms with van der Waals surface area (Å²) in [6.07, 6.45) is 3.22. The molecule has 0 aliphatic heterocycles. The summed E-state index contributed by atoms with van der Waals surface area (Å²) in [5.41, 5.74) is 8.41. The number of halogens is 1. The molecule has 2 atom stereocenters. The number of aryl methyl sites for hydroxylation is 1. The minimum atomic E-state index is -0.471. The van der Waals surface area contributed by atoms with Crippen molar-refractivity contribution in [3.63, 3.8) is 0 Å². The van der Waals surface area contributed by atoms with Gasteiger partial charge in [-0.15, -0.1) is 12.4 Å². The lowest BCUT2D eigenvalue weighted by Crippen LogP contribution is -2.49. The van der Waals surface area contributed by atoms with Crippen molar-refractivity contribution in [3.05, 3.63) is 35.4 Å². The molecule has 1 unspecified atom stereocenters. The maximum Gasteiger partial charge on any atom is 0.237 e. The summed E-state index contributed by atoms with van der Waals surface area (Å²) in [6, 6.07) is 8.00. The van der Waals surface area contributed by atoms with E-state index in [1.807, 2.05) is 26.8 Å². The Morgan fingerprint density at radius 3 is 2.65 bits per heavy atom. The first-order valence-corrected chi connectivity index (χ1v) is 7.03. The maximum absolute atomic E-state index is 12.2. The molecule has 2 rings (SSSR count). The normalized spacial score (nSPS) is 19.5. The number of carbonyl (C=O) groups is 1. The molecular weight excluding hydrogens is 272 g/mol. The first kappa shape index (κ1) is 17.0. The molecule has 0 saturated heterocycles. The Kier molecular flexibility index (Phi) is 5.60. The van der Waals surface area contributed by atoms with Crippen LogP contribution >= 0.6 is 12.4 Å². The second-order valence-corrected chi connectivity index (χ2v) is 6.50. The van der Waals surface area contributed by atoms with Gasteiger partial charge in [0, 0.05) is 0 Å². The van der Waals surface area contributed by atoms with Gasteiger partial charge in [0.25, 0.3) is 0 Å². The van der Waals surface area contributed by atoms with Crippen LogP contribution in [0.1, 0.15) is 50.8 Å². The molecule has 1 aliphatic rings. The van der Waals surface area contributed by atoms with Crippen molar-refractivity contribution in [2.45, 2.75) is 52.1 Å². The molecule has 4 heteroatoms. The maximum atomic E-state index is 12.2. The molecule has 3 N–H and O–H groups in total. The number of fused-ring (bicyclic) bond motifs is 1. The largest absolute Gasteiger partial charge is 0.348 e. The van der Waals surface area contributed by atoms with E-state index in [0.717, 1.165) is 19.3 Å². The molecule has 1 aliphatic carbocycles. The summed E-state index contributed by atoms with van der Waals surface area (Å²) in [5, 5.41) is 3.12. The van der Waals surface area contributed by atoms with Crippen LogP contribution < -0.4 is 11.1 Å². The van der Waals surface area contributed by atoms with Gasteiger partial charge < -0.3 is 11.1 Å². The van der Waals surface area contributed by atoms with Gasteiger partial charge in [-0.05, 0) is 35.8 Å². The molecule has 112 valence electrons. The minimum absolute atomic E-state index is 0. The highest BCUT2D eigenvalue weighted by Crippen LogP contribution is 2.30. The summed E-state index contributed by atoms with van der Waals surface area (Å²) >= 11 is 0. The van der Waals surface area contributed by atoms with Crippen LogP contribution in [0.3, 0.4) is 0 Å². The Balaban J connectivity index is 0.00000200. The highest BCUT2D eigenvalue weighted by atomic mass is 35.5. The number of hydrogen-bond acceptors (Lipinski definition) is 2. The topological polar surface area (TPSA) is 55.1 Å². The Bertz CT molecular complexity index is 468. The average molecular weight is 297 g/mol. The number of hydrogen-bond donors (Lipinski definition) is 2. The highest BCUT2D eigenvalue weighted by Gasteiger charge is 2.30. The molecule has 0 heterocycles. The van der Waals surface area contributed by atoms with Crippen molar-refractivity contribution in [2.24, 2.45) is 11.1 Å². The van der Waals surface area contributed by atoms with E-state index in [9.17, 15) is 4.79 Å². The second-order valence-electron chi connectivity index (χ2n) is 6.50. The van der Waals surface area contributed by atoms with Crippen LogP contribution in [-0.2, 0) is 11.2 Å². The van der Waals surface area contributed by atoms with E-state index in [1.165, 1.54) is 11.1 Å². The summed E-state index contributed by atoms with van der Waals surface area (Å²) in [4.78, 5) is 12.2. The Labute approximate surface area is 127 Å². The number of rotatable bonds is 2. The van der Waals surface area contributed by atoms with Crippen molar-refractivity contribution in [3.8, 4) is 0 Å². The zero-order chi connectivity index (χ0) is 14.0. The molecule has 3 nitrogen and oxygen atoms in total. The van der Waals surface area contributed by atoms with Gasteiger partial charge >= 0.3 is 0 Å². The molecule has 1 amide bonds. The smallest absolute Gasteiger partial charge is 0.237 e. The molecule has 0 saturated carbocycles. The fourth-order valence-corrected chi connectivity index (χ4v) is 2.56. The van der Waals surface area contributed by atoms with Crippen molar-refractivity contribution in [1.82, 2.24) is 5.32 Å². The molecule has 0 radical (unpaired) electrons. The van der Waals surface area contributed by atoms with Gasteiger partial charge in [0.1, 0.15) is 0 Å². The highest BCUT2D eigenvalue weighted by molar-refractivity contribution is 5.85. The molecule has 20 heavy (non-hydrogen) atoms. The third-order valence-electron chi connectivity index (χ3n) is 3.90. The van der Waals surface area contributed by atoms with E-state index >= 15 is 0 Å². The van der Waals surface area contributed by atoms with E-state index < -0.39 is 6.04 Å². The van der Waals surface area contributed by atoms with Crippen LogP contribution in [0.25, 0.3) is 0 Å². The van der Waals surface area contributed by atoms with Crippen molar-refractivity contribution >= 4 is 18.3 Å². The molecule has 1 aromatic rings. The molecular formula is C16H25ClN2O. The van der Waals surface area contributed by atoms with Crippen LogP contribution in [-0.4, -0.2) is 11.9 Å². The lowest BCUT2D eigenvalue weighted by atomic mass is 9.85. The minimum Gasteiger partial charge on any atom is -0.348 e. The Hall–Kier alpha value is -1.06. The first-order chi connectivity index (χ1) is 8.89. The number of benzene rings is 1. The number of carbonyl (C=O) groups excluding carboxylic acids is 1. The van der Waals surface area contributed by atoms with Crippen molar-refractivity contribution in [2.75, 3.05) is 0 Å². The monoisotopic (exact) mass is 296 g/mol. The van der Waals surface area contributed by atoms with Crippen LogP contribution in [0.4, 0.5) is 0 Å². The van der Waals surface area contributed by atoms with Crippen molar-refractivity contribution in [1.29, 1.82) is 0 Å². The van der Waals surface area contributed by atoms with Crippen LogP contribution in [0, 0.1) is 5.41 Å². The third kappa shape index (κ3) is 3.74. The molecule has 0 fully saturated rings.